The topological polar surface area (TPSA) is 26.0 Å². The van der Waals surface area contributed by atoms with Crippen molar-refractivity contribution in [3.8, 4) is 0 Å². The standard InChI is InChI=1S/C7H14.CH5N/c1-4-5-6-7(2)3;1-2/h5-7H,4H2,1-3H3;2H2,1H3/b6-5-;. The monoisotopic (exact) mass is 129 g/mol. The zero-order valence-corrected chi connectivity index (χ0v) is 7.02. The maximum Gasteiger partial charge on any atom is -0.0195 e. The molecular weight excluding hydrogens is 110 g/mol. The van der Waals surface area contributed by atoms with E-state index in [2.05, 4.69) is 38.7 Å². The zero-order chi connectivity index (χ0) is 7.70. The van der Waals surface area contributed by atoms with Crippen LogP contribution in [0.3, 0.4) is 0 Å². The van der Waals surface area contributed by atoms with Gasteiger partial charge in [0.2, 0.25) is 0 Å². The summed E-state index contributed by atoms with van der Waals surface area (Å²) in [6, 6.07) is 0. The molecule has 0 fully saturated rings. The molecule has 0 aromatic heterocycles. The molecule has 0 aromatic carbocycles. The van der Waals surface area contributed by atoms with Crippen LogP contribution >= 0.6 is 0 Å². The van der Waals surface area contributed by atoms with Gasteiger partial charge in [-0.25, -0.2) is 0 Å². The molecule has 0 aromatic rings. The van der Waals surface area contributed by atoms with Crippen molar-refractivity contribution in [2.45, 2.75) is 27.2 Å². The first kappa shape index (κ1) is 11.5. The second kappa shape index (κ2) is 10.6. The van der Waals surface area contributed by atoms with Crippen LogP contribution in [-0.2, 0) is 0 Å². The van der Waals surface area contributed by atoms with Crippen molar-refractivity contribution in [1.82, 2.24) is 0 Å². The molecule has 0 aliphatic heterocycles. The van der Waals surface area contributed by atoms with Crippen molar-refractivity contribution in [3.05, 3.63) is 12.2 Å². The molecule has 0 bridgehead atoms. The van der Waals surface area contributed by atoms with Gasteiger partial charge in [-0.1, -0.05) is 32.9 Å². The summed E-state index contributed by atoms with van der Waals surface area (Å²) in [7, 11) is 1.50. The van der Waals surface area contributed by atoms with Gasteiger partial charge in [0.25, 0.3) is 0 Å². The Balaban J connectivity index is 0. The van der Waals surface area contributed by atoms with Crippen LogP contribution in [0.1, 0.15) is 27.2 Å². The summed E-state index contributed by atoms with van der Waals surface area (Å²) in [6.07, 6.45) is 5.59. The first-order valence-electron chi connectivity index (χ1n) is 3.51. The summed E-state index contributed by atoms with van der Waals surface area (Å²) in [6.45, 7) is 6.52. The number of rotatable bonds is 2. The van der Waals surface area contributed by atoms with Crippen LogP contribution in [0.4, 0.5) is 0 Å². The molecule has 0 unspecified atom stereocenters. The van der Waals surface area contributed by atoms with E-state index in [1.165, 1.54) is 7.05 Å². The Morgan fingerprint density at radius 3 is 1.89 bits per heavy atom. The summed E-state index contributed by atoms with van der Waals surface area (Å²) < 4.78 is 0. The van der Waals surface area contributed by atoms with E-state index in [0.29, 0.717) is 0 Å². The lowest BCUT2D eigenvalue weighted by Crippen LogP contribution is -1.74. The Labute approximate surface area is 58.9 Å². The number of hydrogen-bond acceptors (Lipinski definition) is 1. The summed E-state index contributed by atoms with van der Waals surface area (Å²) >= 11 is 0. The van der Waals surface area contributed by atoms with Crippen LogP contribution in [0, 0.1) is 5.92 Å². The number of nitrogens with two attached hydrogens (primary N) is 1. The van der Waals surface area contributed by atoms with Crippen molar-refractivity contribution in [1.29, 1.82) is 0 Å². The van der Waals surface area contributed by atoms with Gasteiger partial charge in [0.15, 0.2) is 0 Å². The van der Waals surface area contributed by atoms with Crippen molar-refractivity contribution in [2.75, 3.05) is 7.05 Å². The van der Waals surface area contributed by atoms with Gasteiger partial charge in [0.1, 0.15) is 0 Å². The Hall–Kier alpha value is -0.300. The Bertz CT molecular complexity index is 55.6. The molecule has 0 saturated carbocycles. The molecule has 1 nitrogen and oxygen atoms in total. The van der Waals surface area contributed by atoms with Gasteiger partial charge < -0.3 is 5.73 Å². The third-order valence-electron chi connectivity index (χ3n) is 0.757. The lowest BCUT2D eigenvalue weighted by atomic mass is 10.2. The molecule has 0 amide bonds. The molecule has 0 aliphatic carbocycles. The normalized spacial score (nSPS) is 9.56. The average molecular weight is 129 g/mol. The first-order valence-corrected chi connectivity index (χ1v) is 3.51. The van der Waals surface area contributed by atoms with Crippen LogP contribution in [0.2, 0.25) is 0 Å². The third-order valence-corrected chi connectivity index (χ3v) is 0.757. The molecule has 0 rings (SSSR count). The minimum atomic E-state index is 0.722. The summed E-state index contributed by atoms with van der Waals surface area (Å²) in [5, 5.41) is 0. The summed E-state index contributed by atoms with van der Waals surface area (Å²) in [5.41, 5.74) is 4.50. The van der Waals surface area contributed by atoms with Gasteiger partial charge in [-0.2, -0.15) is 0 Å². The Morgan fingerprint density at radius 2 is 1.78 bits per heavy atom. The maximum atomic E-state index is 4.50. The zero-order valence-electron chi connectivity index (χ0n) is 7.02. The van der Waals surface area contributed by atoms with Gasteiger partial charge >= 0.3 is 0 Å². The third kappa shape index (κ3) is 18.3. The Kier molecular flexibility index (Phi) is 13.6. The molecule has 1 heteroatoms. The highest BCUT2D eigenvalue weighted by molar-refractivity contribution is 4.82. The fourth-order valence-corrected chi connectivity index (χ4v) is 0.408. The van der Waals surface area contributed by atoms with E-state index in [0.717, 1.165) is 12.3 Å². The minimum Gasteiger partial charge on any atom is -0.333 e. The van der Waals surface area contributed by atoms with Gasteiger partial charge in [-0.05, 0) is 19.4 Å². The minimum absolute atomic E-state index is 0.722. The maximum absolute atomic E-state index is 4.50. The molecule has 0 atom stereocenters. The molecule has 0 aliphatic rings. The van der Waals surface area contributed by atoms with E-state index in [1.54, 1.807) is 0 Å². The van der Waals surface area contributed by atoms with Gasteiger partial charge in [-0.3, -0.25) is 0 Å². The SMILES string of the molecule is CC/C=C\C(C)C.CN. The van der Waals surface area contributed by atoms with Crippen molar-refractivity contribution in [3.63, 3.8) is 0 Å². The van der Waals surface area contributed by atoms with Gasteiger partial charge in [0.05, 0.1) is 0 Å². The van der Waals surface area contributed by atoms with Crippen LogP contribution < -0.4 is 5.73 Å². The van der Waals surface area contributed by atoms with E-state index in [9.17, 15) is 0 Å². The molecular formula is C8H19N. The Morgan fingerprint density at radius 1 is 1.33 bits per heavy atom. The van der Waals surface area contributed by atoms with Crippen molar-refractivity contribution < 1.29 is 0 Å². The fraction of sp³-hybridized carbons (Fsp3) is 0.750. The molecule has 0 spiro atoms. The quantitative estimate of drug-likeness (QED) is 0.568. The van der Waals surface area contributed by atoms with Crippen LogP contribution in [0.15, 0.2) is 12.2 Å². The molecule has 2 N–H and O–H groups in total. The fourth-order valence-electron chi connectivity index (χ4n) is 0.408. The van der Waals surface area contributed by atoms with E-state index in [4.69, 9.17) is 0 Å². The largest absolute Gasteiger partial charge is 0.333 e. The van der Waals surface area contributed by atoms with Crippen LogP contribution in [-0.4, -0.2) is 7.05 Å². The average Bonchev–Trinajstić information content (AvgIpc) is 1.88. The molecule has 0 radical (unpaired) electrons. The molecule has 9 heavy (non-hydrogen) atoms. The predicted molar refractivity (Wildman–Crippen MR) is 44.4 cm³/mol. The van der Waals surface area contributed by atoms with E-state index < -0.39 is 0 Å². The smallest absolute Gasteiger partial charge is 0.0195 e. The van der Waals surface area contributed by atoms with E-state index >= 15 is 0 Å². The summed E-state index contributed by atoms with van der Waals surface area (Å²) in [5.74, 6) is 0.722. The number of allylic oxidation sites excluding steroid dienone is 2. The van der Waals surface area contributed by atoms with Crippen molar-refractivity contribution >= 4 is 0 Å². The molecule has 0 saturated heterocycles. The van der Waals surface area contributed by atoms with Gasteiger partial charge in [0, 0.05) is 0 Å². The summed E-state index contributed by atoms with van der Waals surface area (Å²) in [4.78, 5) is 0. The highest BCUT2D eigenvalue weighted by Gasteiger charge is 1.78. The lowest BCUT2D eigenvalue weighted by molar-refractivity contribution is 0.826. The number of hydrogen-bond donors (Lipinski definition) is 1. The van der Waals surface area contributed by atoms with E-state index in [1.807, 2.05) is 0 Å². The van der Waals surface area contributed by atoms with Crippen molar-refractivity contribution in [2.24, 2.45) is 11.7 Å². The lowest BCUT2D eigenvalue weighted by Gasteiger charge is -1.88. The highest BCUT2D eigenvalue weighted by Crippen LogP contribution is 1.93. The second-order valence-electron chi connectivity index (χ2n) is 2.08. The highest BCUT2D eigenvalue weighted by atomic mass is 14.4. The predicted octanol–water partition coefficient (Wildman–Crippen LogP) is 2.18. The van der Waals surface area contributed by atoms with Crippen LogP contribution in [0.5, 0.6) is 0 Å². The molecule has 0 heterocycles. The second-order valence-corrected chi connectivity index (χ2v) is 2.08. The molecule has 56 valence electrons. The van der Waals surface area contributed by atoms with Gasteiger partial charge in [-0.15, -0.1) is 0 Å². The first-order chi connectivity index (χ1) is 4.27. The van der Waals surface area contributed by atoms with Crippen LogP contribution in [0.25, 0.3) is 0 Å². The van der Waals surface area contributed by atoms with E-state index in [-0.39, 0.29) is 0 Å².